The summed E-state index contributed by atoms with van der Waals surface area (Å²) >= 11 is 0. The number of amides is 1. The number of nitrogens with zero attached hydrogens (tertiary/aromatic N) is 2. The highest BCUT2D eigenvalue weighted by Gasteiger charge is 2.18. The molecule has 0 spiro atoms. The second-order valence-electron chi connectivity index (χ2n) is 7.46. The average Bonchev–Trinajstić information content (AvgIpc) is 3.23. The molecule has 4 rings (SSSR count). The summed E-state index contributed by atoms with van der Waals surface area (Å²) in [4.78, 5) is 14.7. The Bertz CT molecular complexity index is 1270. The molecule has 0 radical (unpaired) electrons. The molecule has 1 N–H and O–H groups in total. The fraction of sp³-hybridized carbons (Fsp3) is 0.200. The van der Waals surface area contributed by atoms with E-state index in [9.17, 15) is 13.6 Å². The van der Waals surface area contributed by atoms with E-state index in [4.69, 9.17) is 4.74 Å². The third-order valence-electron chi connectivity index (χ3n) is 5.30. The van der Waals surface area contributed by atoms with Gasteiger partial charge in [-0.25, -0.2) is 8.78 Å². The summed E-state index contributed by atoms with van der Waals surface area (Å²) in [6, 6.07) is 16.9. The van der Waals surface area contributed by atoms with Gasteiger partial charge in [-0.2, -0.15) is 5.10 Å². The maximum Gasteiger partial charge on any atom is 0.254 e. The molecule has 0 saturated carbocycles. The van der Waals surface area contributed by atoms with Gasteiger partial charge in [-0.1, -0.05) is 30.3 Å². The first-order valence-electron chi connectivity index (χ1n) is 10.3. The summed E-state index contributed by atoms with van der Waals surface area (Å²) in [5, 5.41) is 7.64. The van der Waals surface area contributed by atoms with Gasteiger partial charge in [-0.3, -0.25) is 9.89 Å². The Kier molecular flexibility index (Phi) is 6.16. The van der Waals surface area contributed by atoms with Crippen molar-refractivity contribution in [3.63, 3.8) is 0 Å². The molecule has 0 aliphatic carbocycles. The zero-order valence-corrected chi connectivity index (χ0v) is 17.9. The number of aromatic amines is 1. The first-order valence-corrected chi connectivity index (χ1v) is 10.3. The van der Waals surface area contributed by atoms with Crippen molar-refractivity contribution < 1.29 is 18.3 Å². The molecule has 32 heavy (non-hydrogen) atoms. The van der Waals surface area contributed by atoms with Crippen LogP contribution >= 0.6 is 0 Å². The SMILES string of the molecule is CCOc1cc(C(=O)N(C)Cc2cccc3c(CF)[nH]nc23)ccc1-c1cccc(F)c1. The fourth-order valence-corrected chi connectivity index (χ4v) is 3.75. The van der Waals surface area contributed by atoms with E-state index >= 15 is 0 Å². The van der Waals surface area contributed by atoms with Crippen LogP contribution in [0.1, 0.15) is 28.5 Å². The van der Waals surface area contributed by atoms with Gasteiger partial charge in [0.15, 0.2) is 0 Å². The number of benzene rings is 3. The molecule has 1 aromatic heterocycles. The molecule has 5 nitrogen and oxygen atoms in total. The van der Waals surface area contributed by atoms with E-state index in [1.807, 2.05) is 19.1 Å². The zero-order valence-electron chi connectivity index (χ0n) is 17.9. The molecule has 0 atom stereocenters. The van der Waals surface area contributed by atoms with Gasteiger partial charge in [0, 0.05) is 30.1 Å². The van der Waals surface area contributed by atoms with Crippen molar-refractivity contribution in [2.24, 2.45) is 0 Å². The van der Waals surface area contributed by atoms with E-state index in [1.165, 1.54) is 12.1 Å². The number of nitrogens with one attached hydrogen (secondary N) is 1. The number of carbonyl (C=O) groups is 1. The number of rotatable bonds is 7. The number of ether oxygens (including phenoxy) is 1. The lowest BCUT2D eigenvalue weighted by molar-refractivity contribution is 0.0785. The highest BCUT2D eigenvalue weighted by atomic mass is 19.1. The first-order chi connectivity index (χ1) is 15.5. The van der Waals surface area contributed by atoms with E-state index in [0.717, 1.165) is 5.56 Å². The van der Waals surface area contributed by atoms with Crippen molar-refractivity contribution in [2.75, 3.05) is 13.7 Å². The van der Waals surface area contributed by atoms with Crippen LogP contribution in [0.4, 0.5) is 8.78 Å². The molecule has 164 valence electrons. The monoisotopic (exact) mass is 435 g/mol. The number of carbonyl (C=O) groups excluding carboxylic acids is 1. The maximum absolute atomic E-state index is 13.7. The summed E-state index contributed by atoms with van der Waals surface area (Å²) in [6.45, 7) is 1.94. The van der Waals surface area contributed by atoms with Gasteiger partial charge in [0.1, 0.15) is 18.2 Å². The third-order valence-corrected chi connectivity index (χ3v) is 5.30. The van der Waals surface area contributed by atoms with Crippen LogP contribution in [-0.4, -0.2) is 34.7 Å². The second-order valence-corrected chi connectivity index (χ2v) is 7.46. The van der Waals surface area contributed by atoms with Crippen LogP contribution in [0.15, 0.2) is 60.7 Å². The minimum absolute atomic E-state index is 0.199. The summed E-state index contributed by atoms with van der Waals surface area (Å²) in [5.74, 6) is -0.0253. The number of hydrogen-bond donors (Lipinski definition) is 1. The predicted molar refractivity (Wildman–Crippen MR) is 120 cm³/mol. The molecular formula is C25H23F2N3O2. The van der Waals surface area contributed by atoms with Gasteiger partial charge in [-0.05, 0) is 48.4 Å². The minimum atomic E-state index is -0.632. The molecular weight excluding hydrogens is 412 g/mol. The lowest BCUT2D eigenvalue weighted by Crippen LogP contribution is -2.26. The van der Waals surface area contributed by atoms with Gasteiger partial charge in [-0.15, -0.1) is 0 Å². The van der Waals surface area contributed by atoms with Crippen LogP contribution in [0.25, 0.3) is 22.0 Å². The number of alkyl halides is 1. The van der Waals surface area contributed by atoms with Crippen molar-refractivity contribution >= 4 is 16.8 Å². The molecule has 0 bridgehead atoms. The van der Waals surface area contributed by atoms with Crippen LogP contribution in [-0.2, 0) is 13.2 Å². The standard InChI is InChI=1S/C25H23F2N3O2/c1-3-32-23-13-17(10-11-20(23)16-6-4-8-19(27)12-16)25(31)30(2)15-18-7-5-9-21-22(14-26)28-29-24(18)21/h4-13H,3,14-15H2,1-2H3,(H,28,29). The Morgan fingerprint density at radius 1 is 1.12 bits per heavy atom. The quantitative estimate of drug-likeness (QED) is 0.416. The van der Waals surface area contributed by atoms with Crippen molar-refractivity contribution in [3.8, 4) is 16.9 Å². The van der Waals surface area contributed by atoms with Crippen LogP contribution in [0.2, 0.25) is 0 Å². The van der Waals surface area contributed by atoms with E-state index in [1.54, 1.807) is 48.3 Å². The summed E-state index contributed by atoms with van der Waals surface area (Å²) in [5.41, 5.74) is 3.73. The Morgan fingerprint density at radius 3 is 2.69 bits per heavy atom. The molecule has 0 unspecified atom stereocenters. The number of para-hydroxylation sites is 1. The van der Waals surface area contributed by atoms with Gasteiger partial charge in [0.25, 0.3) is 5.91 Å². The Labute approximate surface area is 184 Å². The number of fused-ring (bicyclic) bond motifs is 1. The molecule has 0 fully saturated rings. The van der Waals surface area contributed by atoms with Crippen LogP contribution in [0.5, 0.6) is 5.75 Å². The van der Waals surface area contributed by atoms with Gasteiger partial charge < -0.3 is 9.64 Å². The van der Waals surface area contributed by atoms with Gasteiger partial charge in [0.2, 0.25) is 0 Å². The second kappa shape index (κ2) is 9.18. The molecule has 7 heteroatoms. The number of H-pyrrole nitrogens is 1. The van der Waals surface area contributed by atoms with E-state index in [2.05, 4.69) is 10.2 Å². The van der Waals surface area contributed by atoms with E-state index in [-0.39, 0.29) is 11.7 Å². The lowest BCUT2D eigenvalue weighted by Gasteiger charge is -2.19. The minimum Gasteiger partial charge on any atom is -0.493 e. The average molecular weight is 435 g/mol. The molecule has 0 saturated heterocycles. The summed E-state index contributed by atoms with van der Waals surface area (Å²) in [7, 11) is 1.70. The van der Waals surface area contributed by atoms with Crippen LogP contribution in [0, 0.1) is 5.82 Å². The van der Waals surface area contributed by atoms with Gasteiger partial charge >= 0.3 is 0 Å². The number of aromatic nitrogens is 2. The van der Waals surface area contributed by atoms with Crippen molar-refractivity contribution in [3.05, 3.63) is 83.3 Å². The summed E-state index contributed by atoms with van der Waals surface area (Å²) < 4.78 is 32.6. The maximum atomic E-state index is 13.7. The topological polar surface area (TPSA) is 58.2 Å². The van der Waals surface area contributed by atoms with Gasteiger partial charge in [0.05, 0.1) is 17.8 Å². The summed E-state index contributed by atoms with van der Waals surface area (Å²) in [6.07, 6.45) is 0. The Morgan fingerprint density at radius 2 is 1.94 bits per heavy atom. The van der Waals surface area contributed by atoms with E-state index in [0.29, 0.717) is 52.2 Å². The highest BCUT2D eigenvalue weighted by molar-refractivity contribution is 5.96. The number of halogens is 2. The van der Waals surface area contributed by atoms with Crippen molar-refractivity contribution in [1.29, 1.82) is 0 Å². The largest absolute Gasteiger partial charge is 0.493 e. The molecule has 0 aliphatic rings. The Hall–Kier alpha value is -3.74. The van der Waals surface area contributed by atoms with Crippen LogP contribution < -0.4 is 4.74 Å². The molecule has 0 aliphatic heterocycles. The normalized spacial score (nSPS) is 11.0. The van der Waals surface area contributed by atoms with Crippen molar-refractivity contribution in [1.82, 2.24) is 15.1 Å². The lowest BCUT2D eigenvalue weighted by atomic mass is 10.0. The molecule has 1 heterocycles. The first kappa shape index (κ1) is 21.5. The number of hydrogen-bond acceptors (Lipinski definition) is 3. The molecule has 1 amide bonds. The molecule has 3 aromatic carbocycles. The smallest absolute Gasteiger partial charge is 0.254 e. The Balaban J connectivity index is 1.61. The van der Waals surface area contributed by atoms with Crippen molar-refractivity contribution in [2.45, 2.75) is 20.1 Å². The fourth-order valence-electron chi connectivity index (χ4n) is 3.75. The van der Waals surface area contributed by atoms with Crippen LogP contribution in [0.3, 0.4) is 0 Å². The van der Waals surface area contributed by atoms with E-state index < -0.39 is 6.67 Å². The highest BCUT2D eigenvalue weighted by Crippen LogP contribution is 2.32. The third kappa shape index (κ3) is 4.19. The zero-order chi connectivity index (χ0) is 22.7. The predicted octanol–water partition coefficient (Wildman–Crippen LogP) is 5.51. The molecule has 4 aromatic rings.